The quantitative estimate of drug-likeness (QED) is 0.866. The van der Waals surface area contributed by atoms with E-state index in [-0.39, 0.29) is 5.54 Å². The van der Waals surface area contributed by atoms with Crippen LogP contribution in [0.25, 0.3) is 11.3 Å². The van der Waals surface area contributed by atoms with Gasteiger partial charge in [-0.2, -0.15) is 0 Å². The molecule has 1 aromatic carbocycles. The molecule has 0 atom stereocenters. The second kappa shape index (κ2) is 4.43. The number of nitrogens with zero attached hydrogens (tertiary/aromatic N) is 2. The standard InChI is InChI=1S/C14H18BrN3/c1-9-7-10(5-6-11(9)15)12-13(16)18(8-17-12)14(2,3)4/h5-8H,16H2,1-4H3. The molecule has 0 aliphatic rings. The van der Waals surface area contributed by atoms with E-state index in [1.54, 1.807) is 0 Å². The minimum atomic E-state index is -0.0558. The molecule has 0 aliphatic heterocycles. The number of hydrogen-bond donors (Lipinski definition) is 1. The Morgan fingerprint density at radius 1 is 1.28 bits per heavy atom. The van der Waals surface area contributed by atoms with Gasteiger partial charge in [0.15, 0.2) is 0 Å². The topological polar surface area (TPSA) is 43.8 Å². The normalized spacial score (nSPS) is 11.8. The van der Waals surface area contributed by atoms with Crippen molar-refractivity contribution in [1.29, 1.82) is 0 Å². The van der Waals surface area contributed by atoms with E-state index in [4.69, 9.17) is 5.73 Å². The van der Waals surface area contributed by atoms with Crippen LogP contribution in [0.15, 0.2) is 29.0 Å². The van der Waals surface area contributed by atoms with Gasteiger partial charge in [0, 0.05) is 15.6 Å². The Morgan fingerprint density at radius 2 is 1.94 bits per heavy atom. The van der Waals surface area contributed by atoms with Crippen molar-refractivity contribution in [3.63, 3.8) is 0 Å². The Bertz CT molecular complexity index is 579. The maximum absolute atomic E-state index is 6.20. The van der Waals surface area contributed by atoms with Crippen molar-refractivity contribution in [3.05, 3.63) is 34.6 Å². The molecule has 2 rings (SSSR count). The van der Waals surface area contributed by atoms with Gasteiger partial charge in [0.2, 0.25) is 0 Å². The fourth-order valence-electron chi connectivity index (χ4n) is 1.91. The maximum Gasteiger partial charge on any atom is 0.132 e. The fraction of sp³-hybridized carbons (Fsp3) is 0.357. The molecular weight excluding hydrogens is 290 g/mol. The zero-order valence-corrected chi connectivity index (χ0v) is 12.7. The molecule has 1 heterocycles. The highest BCUT2D eigenvalue weighted by Gasteiger charge is 2.19. The van der Waals surface area contributed by atoms with E-state index < -0.39 is 0 Å². The van der Waals surface area contributed by atoms with Gasteiger partial charge in [0.1, 0.15) is 11.5 Å². The predicted octanol–water partition coefficient (Wildman–Crippen LogP) is 3.96. The van der Waals surface area contributed by atoms with Gasteiger partial charge in [-0.1, -0.05) is 22.0 Å². The average molecular weight is 308 g/mol. The third kappa shape index (κ3) is 2.29. The number of halogens is 1. The summed E-state index contributed by atoms with van der Waals surface area (Å²) in [7, 11) is 0. The molecule has 0 unspecified atom stereocenters. The third-order valence-electron chi connectivity index (χ3n) is 2.96. The minimum absolute atomic E-state index is 0.0558. The molecule has 96 valence electrons. The fourth-order valence-corrected chi connectivity index (χ4v) is 2.15. The number of rotatable bonds is 1. The molecule has 18 heavy (non-hydrogen) atoms. The van der Waals surface area contributed by atoms with Crippen LogP contribution in [0, 0.1) is 6.92 Å². The molecule has 2 N–H and O–H groups in total. The summed E-state index contributed by atoms with van der Waals surface area (Å²) in [6.07, 6.45) is 1.81. The highest BCUT2D eigenvalue weighted by Crippen LogP contribution is 2.30. The average Bonchev–Trinajstić information content (AvgIpc) is 2.64. The van der Waals surface area contributed by atoms with Crippen molar-refractivity contribution in [3.8, 4) is 11.3 Å². The van der Waals surface area contributed by atoms with E-state index in [9.17, 15) is 0 Å². The molecule has 0 saturated carbocycles. The van der Waals surface area contributed by atoms with Crippen LogP contribution in [0.4, 0.5) is 5.82 Å². The Morgan fingerprint density at radius 3 is 2.44 bits per heavy atom. The second-order valence-corrected chi connectivity index (χ2v) is 6.34. The number of aromatic nitrogens is 2. The molecule has 0 radical (unpaired) electrons. The van der Waals surface area contributed by atoms with Crippen LogP contribution in [-0.4, -0.2) is 9.55 Å². The lowest BCUT2D eigenvalue weighted by Gasteiger charge is -2.22. The summed E-state index contributed by atoms with van der Waals surface area (Å²) in [5, 5.41) is 0. The van der Waals surface area contributed by atoms with Gasteiger partial charge in [-0.05, 0) is 45.4 Å². The van der Waals surface area contributed by atoms with E-state index in [1.165, 1.54) is 5.56 Å². The Kier molecular flexibility index (Phi) is 3.23. The van der Waals surface area contributed by atoms with Gasteiger partial charge in [-0.15, -0.1) is 0 Å². The van der Waals surface area contributed by atoms with E-state index in [0.717, 1.165) is 15.7 Å². The lowest BCUT2D eigenvalue weighted by Crippen LogP contribution is -2.22. The molecule has 3 nitrogen and oxygen atoms in total. The molecular formula is C14H18BrN3. The monoisotopic (exact) mass is 307 g/mol. The number of nitrogen functional groups attached to an aromatic ring is 1. The van der Waals surface area contributed by atoms with Gasteiger partial charge in [0.05, 0.1) is 6.33 Å². The van der Waals surface area contributed by atoms with E-state index >= 15 is 0 Å². The van der Waals surface area contributed by atoms with Crippen molar-refractivity contribution in [2.45, 2.75) is 33.2 Å². The van der Waals surface area contributed by atoms with E-state index in [2.05, 4.69) is 54.7 Å². The molecule has 1 aromatic heterocycles. The van der Waals surface area contributed by atoms with Crippen molar-refractivity contribution >= 4 is 21.7 Å². The number of hydrogen-bond acceptors (Lipinski definition) is 2. The highest BCUT2D eigenvalue weighted by molar-refractivity contribution is 9.10. The number of aryl methyl sites for hydroxylation is 1. The summed E-state index contributed by atoms with van der Waals surface area (Å²) in [5.41, 5.74) is 9.22. The van der Waals surface area contributed by atoms with Crippen LogP contribution in [0.2, 0.25) is 0 Å². The second-order valence-electron chi connectivity index (χ2n) is 5.48. The first-order valence-corrected chi connectivity index (χ1v) is 6.70. The van der Waals surface area contributed by atoms with Crippen LogP contribution in [0.3, 0.4) is 0 Å². The van der Waals surface area contributed by atoms with Crippen LogP contribution in [0.5, 0.6) is 0 Å². The molecule has 0 spiro atoms. The molecule has 0 fully saturated rings. The zero-order chi connectivity index (χ0) is 13.5. The van der Waals surface area contributed by atoms with Crippen LogP contribution in [0.1, 0.15) is 26.3 Å². The zero-order valence-electron chi connectivity index (χ0n) is 11.2. The summed E-state index contributed by atoms with van der Waals surface area (Å²) in [4.78, 5) is 4.45. The van der Waals surface area contributed by atoms with Crippen molar-refractivity contribution in [2.75, 3.05) is 5.73 Å². The molecule has 2 aromatic rings. The summed E-state index contributed by atoms with van der Waals surface area (Å²) in [5.74, 6) is 0.712. The third-order valence-corrected chi connectivity index (χ3v) is 3.85. The summed E-state index contributed by atoms with van der Waals surface area (Å²) in [6, 6.07) is 6.15. The lowest BCUT2D eigenvalue weighted by molar-refractivity contribution is 0.402. The van der Waals surface area contributed by atoms with Gasteiger partial charge < -0.3 is 10.3 Å². The first-order chi connectivity index (χ1) is 8.30. The first-order valence-electron chi connectivity index (χ1n) is 5.90. The van der Waals surface area contributed by atoms with Crippen LogP contribution >= 0.6 is 15.9 Å². The van der Waals surface area contributed by atoms with Gasteiger partial charge in [0.25, 0.3) is 0 Å². The number of anilines is 1. The lowest BCUT2D eigenvalue weighted by atomic mass is 10.1. The van der Waals surface area contributed by atoms with Gasteiger partial charge in [-0.25, -0.2) is 4.98 Å². The number of benzene rings is 1. The largest absolute Gasteiger partial charge is 0.383 e. The number of imidazole rings is 1. The van der Waals surface area contributed by atoms with E-state index in [0.29, 0.717) is 5.82 Å². The SMILES string of the molecule is Cc1cc(-c2ncn(C(C)(C)C)c2N)ccc1Br. The summed E-state index contributed by atoms with van der Waals surface area (Å²) >= 11 is 3.50. The molecule has 0 aliphatic carbocycles. The Balaban J connectivity index is 2.52. The molecule has 0 saturated heterocycles. The summed E-state index contributed by atoms with van der Waals surface area (Å²) < 4.78 is 3.10. The van der Waals surface area contributed by atoms with Crippen molar-refractivity contribution in [1.82, 2.24) is 9.55 Å². The Hall–Kier alpha value is -1.29. The van der Waals surface area contributed by atoms with Crippen LogP contribution in [-0.2, 0) is 5.54 Å². The van der Waals surface area contributed by atoms with Crippen molar-refractivity contribution < 1.29 is 0 Å². The van der Waals surface area contributed by atoms with E-state index in [1.807, 2.05) is 23.0 Å². The summed E-state index contributed by atoms with van der Waals surface area (Å²) in [6.45, 7) is 8.40. The Labute approximate surface area is 116 Å². The molecule has 0 amide bonds. The van der Waals surface area contributed by atoms with Gasteiger partial charge >= 0.3 is 0 Å². The predicted molar refractivity (Wildman–Crippen MR) is 79.5 cm³/mol. The highest BCUT2D eigenvalue weighted by atomic mass is 79.9. The minimum Gasteiger partial charge on any atom is -0.383 e. The smallest absolute Gasteiger partial charge is 0.132 e. The van der Waals surface area contributed by atoms with Crippen molar-refractivity contribution in [2.24, 2.45) is 0 Å². The molecule has 4 heteroatoms. The maximum atomic E-state index is 6.20. The van der Waals surface area contributed by atoms with Crippen LogP contribution < -0.4 is 5.73 Å². The molecule has 0 bridgehead atoms. The van der Waals surface area contributed by atoms with Gasteiger partial charge in [-0.3, -0.25) is 0 Å². The first kappa shape index (κ1) is 13.1. The number of nitrogens with two attached hydrogens (primary N) is 1.